The fraction of sp³-hybridized carbons (Fsp3) is 0.429. The summed E-state index contributed by atoms with van der Waals surface area (Å²) < 4.78 is 26.6. The lowest BCUT2D eigenvalue weighted by Crippen LogP contribution is -2.28. The summed E-state index contributed by atoms with van der Waals surface area (Å²) in [6.45, 7) is 1.62. The van der Waals surface area contributed by atoms with Gasteiger partial charge in [-0.25, -0.2) is 0 Å². The van der Waals surface area contributed by atoms with E-state index >= 15 is 0 Å². The van der Waals surface area contributed by atoms with Crippen LogP contribution in [0.3, 0.4) is 0 Å². The van der Waals surface area contributed by atoms with E-state index in [-0.39, 0.29) is 11.9 Å². The van der Waals surface area contributed by atoms with Crippen LogP contribution in [0.2, 0.25) is 0 Å². The SMILES string of the molecule is COCCCN1C=CNC1c1cccc(CS(=O)[O-])c1. The average molecular weight is 295 g/mol. The highest BCUT2D eigenvalue weighted by molar-refractivity contribution is 7.78. The van der Waals surface area contributed by atoms with Gasteiger partial charge in [-0.1, -0.05) is 35.3 Å². The number of hydrogen-bond acceptors (Lipinski definition) is 5. The molecule has 1 aliphatic heterocycles. The Kier molecular flexibility index (Phi) is 5.58. The molecule has 2 rings (SSSR count). The van der Waals surface area contributed by atoms with Crippen LogP contribution in [0.25, 0.3) is 0 Å². The maximum Gasteiger partial charge on any atom is 0.125 e. The summed E-state index contributed by atoms with van der Waals surface area (Å²) in [4.78, 5) is 2.19. The minimum atomic E-state index is -2.06. The van der Waals surface area contributed by atoms with Crippen molar-refractivity contribution in [1.29, 1.82) is 0 Å². The third kappa shape index (κ3) is 4.06. The van der Waals surface area contributed by atoms with Crippen LogP contribution >= 0.6 is 0 Å². The van der Waals surface area contributed by atoms with Crippen molar-refractivity contribution in [3.8, 4) is 0 Å². The molecule has 2 unspecified atom stereocenters. The van der Waals surface area contributed by atoms with E-state index in [2.05, 4.69) is 10.2 Å². The summed E-state index contributed by atoms with van der Waals surface area (Å²) >= 11 is -2.06. The maximum atomic E-state index is 10.8. The topological polar surface area (TPSA) is 64.6 Å². The van der Waals surface area contributed by atoms with Crippen LogP contribution in [0.5, 0.6) is 0 Å². The van der Waals surface area contributed by atoms with Crippen molar-refractivity contribution in [3.05, 3.63) is 47.8 Å². The molecule has 110 valence electrons. The largest absolute Gasteiger partial charge is 0.772 e. The van der Waals surface area contributed by atoms with Crippen molar-refractivity contribution < 1.29 is 13.5 Å². The molecule has 0 aromatic heterocycles. The molecule has 0 bridgehead atoms. The molecular weight excluding hydrogens is 276 g/mol. The molecule has 5 nitrogen and oxygen atoms in total. The number of benzene rings is 1. The first kappa shape index (κ1) is 15.0. The van der Waals surface area contributed by atoms with Gasteiger partial charge >= 0.3 is 0 Å². The van der Waals surface area contributed by atoms with Crippen LogP contribution in [0.1, 0.15) is 23.7 Å². The van der Waals surface area contributed by atoms with Gasteiger partial charge in [0.2, 0.25) is 0 Å². The molecule has 1 aromatic rings. The van der Waals surface area contributed by atoms with Gasteiger partial charge < -0.3 is 19.5 Å². The first-order chi connectivity index (χ1) is 9.70. The van der Waals surface area contributed by atoms with Crippen LogP contribution in [-0.4, -0.2) is 33.9 Å². The standard InChI is InChI=1S/C14H20N2O3S/c1-19-9-3-7-16-8-6-15-14(16)13-5-2-4-12(10-13)11-20(17)18/h2,4-6,8,10,14-15H,3,7,9,11H2,1H3,(H,17,18)/p-1. The molecule has 0 saturated heterocycles. The molecule has 6 heteroatoms. The van der Waals surface area contributed by atoms with E-state index in [1.807, 2.05) is 36.7 Å². The Morgan fingerprint density at radius 2 is 2.35 bits per heavy atom. The van der Waals surface area contributed by atoms with Gasteiger partial charge in [-0.05, 0) is 17.5 Å². The second-order valence-electron chi connectivity index (χ2n) is 4.66. The zero-order chi connectivity index (χ0) is 14.4. The molecule has 0 aliphatic carbocycles. The zero-order valence-electron chi connectivity index (χ0n) is 11.5. The van der Waals surface area contributed by atoms with Crippen molar-refractivity contribution in [3.63, 3.8) is 0 Å². The second-order valence-corrected chi connectivity index (χ2v) is 5.56. The molecule has 2 atom stereocenters. The quantitative estimate of drug-likeness (QED) is 0.610. The monoisotopic (exact) mass is 295 g/mol. The third-order valence-corrected chi connectivity index (χ3v) is 3.74. The van der Waals surface area contributed by atoms with E-state index < -0.39 is 11.1 Å². The Hall–Kier alpha value is -1.37. The van der Waals surface area contributed by atoms with E-state index in [1.54, 1.807) is 7.11 Å². The highest BCUT2D eigenvalue weighted by Gasteiger charge is 2.20. The van der Waals surface area contributed by atoms with Gasteiger partial charge in [0.05, 0.1) is 0 Å². The number of nitrogens with one attached hydrogen (secondary N) is 1. The summed E-state index contributed by atoms with van der Waals surface area (Å²) in [5.41, 5.74) is 1.87. The molecule has 1 aromatic carbocycles. The minimum absolute atomic E-state index is 0.0532. The third-order valence-electron chi connectivity index (χ3n) is 3.17. The predicted molar refractivity (Wildman–Crippen MR) is 77.3 cm³/mol. The van der Waals surface area contributed by atoms with Crippen LogP contribution in [0.15, 0.2) is 36.7 Å². The summed E-state index contributed by atoms with van der Waals surface area (Å²) in [7, 11) is 1.70. The Morgan fingerprint density at radius 1 is 1.50 bits per heavy atom. The van der Waals surface area contributed by atoms with Gasteiger partial charge in [0.25, 0.3) is 0 Å². The summed E-state index contributed by atoms with van der Waals surface area (Å²) in [6.07, 6.45) is 4.93. The summed E-state index contributed by atoms with van der Waals surface area (Å²) in [6, 6.07) is 7.66. The van der Waals surface area contributed by atoms with Crippen molar-refractivity contribution in [2.24, 2.45) is 0 Å². The first-order valence-corrected chi connectivity index (χ1v) is 7.77. The van der Waals surface area contributed by atoms with E-state index in [1.165, 1.54) is 0 Å². The Labute approximate surface area is 121 Å². The van der Waals surface area contributed by atoms with Crippen LogP contribution < -0.4 is 5.32 Å². The molecular formula is C14H19N2O3S-. The number of nitrogens with zero attached hydrogens (tertiary/aromatic N) is 1. The first-order valence-electron chi connectivity index (χ1n) is 6.53. The summed E-state index contributed by atoms with van der Waals surface area (Å²) in [5.74, 6) is 0.0532. The number of hydrogen-bond donors (Lipinski definition) is 1. The van der Waals surface area contributed by atoms with E-state index in [4.69, 9.17) is 4.74 Å². The van der Waals surface area contributed by atoms with Gasteiger partial charge in [-0.2, -0.15) is 0 Å². The molecule has 0 saturated carbocycles. The van der Waals surface area contributed by atoms with Crippen molar-refractivity contribution in [1.82, 2.24) is 10.2 Å². The predicted octanol–water partition coefficient (Wildman–Crippen LogP) is 1.48. The lowest BCUT2D eigenvalue weighted by molar-refractivity contribution is 0.174. The Bertz CT molecular complexity index is 493. The smallest absolute Gasteiger partial charge is 0.125 e. The normalized spacial score (nSPS) is 19.1. The van der Waals surface area contributed by atoms with Crippen LogP contribution in [-0.2, 0) is 21.6 Å². The molecule has 1 heterocycles. The number of ether oxygens (including phenoxy) is 1. The minimum Gasteiger partial charge on any atom is -0.772 e. The summed E-state index contributed by atoms with van der Waals surface area (Å²) in [5, 5.41) is 3.28. The van der Waals surface area contributed by atoms with E-state index in [0.717, 1.165) is 30.7 Å². The highest BCUT2D eigenvalue weighted by atomic mass is 32.2. The molecule has 20 heavy (non-hydrogen) atoms. The molecule has 1 N–H and O–H groups in total. The molecule has 0 radical (unpaired) electrons. The van der Waals surface area contributed by atoms with Gasteiger partial charge in [0.1, 0.15) is 6.17 Å². The van der Waals surface area contributed by atoms with Gasteiger partial charge in [-0.15, -0.1) is 0 Å². The maximum absolute atomic E-state index is 10.8. The van der Waals surface area contributed by atoms with Crippen molar-refractivity contribution in [2.75, 3.05) is 20.3 Å². The lowest BCUT2D eigenvalue weighted by Gasteiger charge is -2.26. The second kappa shape index (κ2) is 7.42. The molecule has 1 aliphatic rings. The molecule has 0 fully saturated rings. The number of rotatable bonds is 7. The Morgan fingerprint density at radius 3 is 3.10 bits per heavy atom. The van der Waals surface area contributed by atoms with Gasteiger partial charge in [0, 0.05) is 38.4 Å². The lowest BCUT2D eigenvalue weighted by atomic mass is 10.1. The molecule has 0 spiro atoms. The van der Waals surface area contributed by atoms with Crippen LogP contribution in [0.4, 0.5) is 0 Å². The van der Waals surface area contributed by atoms with E-state index in [9.17, 15) is 8.76 Å². The zero-order valence-corrected chi connectivity index (χ0v) is 12.3. The Balaban J connectivity index is 2.04. The van der Waals surface area contributed by atoms with Gasteiger partial charge in [-0.3, -0.25) is 4.21 Å². The highest BCUT2D eigenvalue weighted by Crippen LogP contribution is 2.23. The van der Waals surface area contributed by atoms with Gasteiger partial charge in [0.15, 0.2) is 0 Å². The fourth-order valence-electron chi connectivity index (χ4n) is 2.28. The van der Waals surface area contributed by atoms with Crippen molar-refractivity contribution in [2.45, 2.75) is 18.3 Å². The van der Waals surface area contributed by atoms with Crippen LogP contribution in [0, 0.1) is 0 Å². The fourth-order valence-corrected chi connectivity index (χ4v) is 2.74. The molecule has 0 amide bonds. The van der Waals surface area contributed by atoms with Crippen molar-refractivity contribution >= 4 is 11.1 Å². The average Bonchev–Trinajstić information content (AvgIpc) is 2.87. The number of methoxy groups -OCH3 is 1. The van der Waals surface area contributed by atoms with E-state index in [0.29, 0.717) is 0 Å².